The van der Waals surface area contributed by atoms with Crippen molar-refractivity contribution in [1.82, 2.24) is 9.88 Å². The highest BCUT2D eigenvalue weighted by molar-refractivity contribution is 5.87. The molecule has 0 saturated carbocycles. The van der Waals surface area contributed by atoms with Crippen molar-refractivity contribution in [2.45, 2.75) is 32.1 Å². The molecule has 1 saturated heterocycles. The van der Waals surface area contributed by atoms with Gasteiger partial charge in [-0.2, -0.15) is 0 Å². The summed E-state index contributed by atoms with van der Waals surface area (Å²) in [5, 5.41) is 10.4. The summed E-state index contributed by atoms with van der Waals surface area (Å²) in [6, 6.07) is 8.24. The van der Waals surface area contributed by atoms with E-state index in [4.69, 9.17) is 0 Å². The number of carboxylic acid groups (broad SMARTS) is 1. The third-order valence-corrected chi connectivity index (χ3v) is 5.53. The number of carbonyl (C=O) groups is 2. The molecular weight excluding hydrogens is 304 g/mol. The number of nitrogens with zero attached hydrogens (tertiary/aromatic N) is 1. The second kappa shape index (κ2) is 5.96. The minimum absolute atomic E-state index is 0.0238. The molecule has 24 heavy (non-hydrogen) atoms. The molecule has 2 aliphatic rings. The summed E-state index contributed by atoms with van der Waals surface area (Å²) < 4.78 is 0. The number of carbonyl (C=O) groups excluding carboxylic acids is 1. The monoisotopic (exact) mass is 326 g/mol. The number of aliphatic carboxylic acids is 1. The van der Waals surface area contributed by atoms with Crippen LogP contribution in [0.15, 0.2) is 24.3 Å². The van der Waals surface area contributed by atoms with Gasteiger partial charge in [-0.25, -0.2) is 0 Å². The summed E-state index contributed by atoms with van der Waals surface area (Å²) in [5.74, 6) is -1.08. The summed E-state index contributed by atoms with van der Waals surface area (Å²) >= 11 is 0. The van der Waals surface area contributed by atoms with Crippen molar-refractivity contribution in [1.29, 1.82) is 0 Å². The van der Waals surface area contributed by atoms with Gasteiger partial charge in [0, 0.05) is 35.6 Å². The number of likely N-dealkylation sites (tertiary alicyclic amines) is 1. The van der Waals surface area contributed by atoms with E-state index in [1.807, 2.05) is 12.1 Å². The second-order valence-corrected chi connectivity index (χ2v) is 7.03. The maximum absolute atomic E-state index is 12.9. The van der Waals surface area contributed by atoms with Crippen LogP contribution >= 0.6 is 0 Å². The molecule has 0 spiro atoms. The Labute approximate surface area is 140 Å². The number of hydrogen-bond donors (Lipinski definition) is 2. The number of H-pyrrole nitrogens is 1. The molecule has 5 nitrogen and oxygen atoms in total. The molecule has 2 unspecified atom stereocenters. The number of aromatic amines is 1. The highest BCUT2D eigenvalue weighted by atomic mass is 16.4. The second-order valence-electron chi connectivity index (χ2n) is 7.03. The SMILES string of the molecule is O=C(O)C1CCCN(C(=O)C2CCc3[nH]c4ccccc4c3C2)C1. The van der Waals surface area contributed by atoms with E-state index >= 15 is 0 Å². The first kappa shape index (κ1) is 15.2. The van der Waals surface area contributed by atoms with Gasteiger partial charge >= 0.3 is 5.97 Å². The number of aryl methyl sites for hydroxylation is 1. The number of amides is 1. The normalized spacial score (nSPS) is 23.9. The third-order valence-electron chi connectivity index (χ3n) is 5.53. The molecule has 4 rings (SSSR count). The van der Waals surface area contributed by atoms with Crippen molar-refractivity contribution in [2.24, 2.45) is 11.8 Å². The Morgan fingerprint density at radius 2 is 2.00 bits per heavy atom. The van der Waals surface area contributed by atoms with Crippen LogP contribution in [0.4, 0.5) is 0 Å². The predicted octanol–water partition coefficient (Wildman–Crippen LogP) is 2.60. The number of piperidine rings is 1. The van der Waals surface area contributed by atoms with Gasteiger partial charge in [0.05, 0.1) is 5.92 Å². The van der Waals surface area contributed by atoms with Gasteiger partial charge in [-0.05, 0) is 43.7 Å². The maximum Gasteiger partial charge on any atom is 0.308 e. The molecular formula is C19H22N2O3. The fraction of sp³-hybridized carbons (Fsp3) is 0.474. The van der Waals surface area contributed by atoms with Gasteiger partial charge in [0.2, 0.25) is 5.91 Å². The summed E-state index contributed by atoms with van der Waals surface area (Å²) in [5.41, 5.74) is 3.66. The van der Waals surface area contributed by atoms with Gasteiger partial charge in [0.1, 0.15) is 0 Å². The van der Waals surface area contributed by atoms with Gasteiger partial charge in [0.15, 0.2) is 0 Å². The third kappa shape index (κ3) is 2.58. The zero-order valence-corrected chi connectivity index (χ0v) is 13.6. The molecule has 2 aromatic rings. The van der Waals surface area contributed by atoms with Crippen LogP contribution in [0.1, 0.15) is 30.5 Å². The first-order valence-electron chi connectivity index (χ1n) is 8.73. The Morgan fingerprint density at radius 3 is 2.83 bits per heavy atom. The largest absolute Gasteiger partial charge is 0.481 e. The summed E-state index contributed by atoms with van der Waals surface area (Å²) in [4.78, 5) is 29.4. The minimum atomic E-state index is -0.782. The molecule has 1 fully saturated rings. The molecule has 1 aromatic heterocycles. The Morgan fingerprint density at radius 1 is 1.17 bits per heavy atom. The average Bonchev–Trinajstić information content (AvgIpc) is 2.99. The van der Waals surface area contributed by atoms with Crippen LogP contribution < -0.4 is 0 Å². The molecule has 0 bridgehead atoms. The van der Waals surface area contributed by atoms with Crippen molar-refractivity contribution in [3.05, 3.63) is 35.5 Å². The molecule has 126 valence electrons. The molecule has 1 aliphatic carbocycles. The van der Waals surface area contributed by atoms with Crippen LogP contribution in [0.3, 0.4) is 0 Å². The first-order chi connectivity index (χ1) is 11.6. The van der Waals surface area contributed by atoms with Crippen molar-refractivity contribution in [3.8, 4) is 0 Å². The van der Waals surface area contributed by atoms with E-state index in [1.165, 1.54) is 16.6 Å². The van der Waals surface area contributed by atoms with E-state index in [0.29, 0.717) is 19.5 Å². The smallest absolute Gasteiger partial charge is 0.308 e. The Balaban J connectivity index is 1.53. The van der Waals surface area contributed by atoms with E-state index in [1.54, 1.807) is 4.90 Å². The summed E-state index contributed by atoms with van der Waals surface area (Å²) in [7, 11) is 0. The van der Waals surface area contributed by atoms with Crippen LogP contribution in [-0.2, 0) is 22.4 Å². The lowest BCUT2D eigenvalue weighted by atomic mass is 9.84. The van der Waals surface area contributed by atoms with Crippen molar-refractivity contribution >= 4 is 22.8 Å². The molecule has 1 aromatic carbocycles. The predicted molar refractivity (Wildman–Crippen MR) is 90.8 cm³/mol. The highest BCUT2D eigenvalue weighted by Crippen LogP contribution is 2.33. The van der Waals surface area contributed by atoms with Crippen LogP contribution in [-0.4, -0.2) is 40.0 Å². The molecule has 2 heterocycles. The number of benzene rings is 1. The van der Waals surface area contributed by atoms with Crippen molar-refractivity contribution in [2.75, 3.05) is 13.1 Å². The lowest BCUT2D eigenvalue weighted by Crippen LogP contribution is -2.45. The van der Waals surface area contributed by atoms with Gasteiger partial charge in [-0.3, -0.25) is 9.59 Å². The summed E-state index contributed by atoms with van der Waals surface area (Å²) in [6.45, 7) is 1.06. The van der Waals surface area contributed by atoms with Gasteiger partial charge in [-0.15, -0.1) is 0 Å². The number of carboxylic acids is 1. The number of nitrogens with one attached hydrogen (secondary N) is 1. The molecule has 1 aliphatic heterocycles. The first-order valence-corrected chi connectivity index (χ1v) is 8.73. The Kier molecular flexibility index (Phi) is 3.79. The zero-order chi connectivity index (χ0) is 16.7. The van der Waals surface area contributed by atoms with Crippen LogP contribution in [0.2, 0.25) is 0 Å². The van der Waals surface area contributed by atoms with Crippen molar-refractivity contribution in [3.63, 3.8) is 0 Å². The minimum Gasteiger partial charge on any atom is -0.481 e. The lowest BCUT2D eigenvalue weighted by molar-refractivity contribution is -0.146. The molecule has 5 heteroatoms. The van der Waals surface area contributed by atoms with Gasteiger partial charge in [0.25, 0.3) is 0 Å². The fourth-order valence-corrected chi connectivity index (χ4v) is 4.22. The van der Waals surface area contributed by atoms with Gasteiger partial charge < -0.3 is 15.0 Å². The van der Waals surface area contributed by atoms with E-state index in [0.717, 1.165) is 31.2 Å². The van der Waals surface area contributed by atoms with E-state index in [9.17, 15) is 14.7 Å². The van der Waals surface area contributed by atoms with Crippen molar-refractivity contribution < 1.29 is 14.7 Å². The zero-order valence-electron chi connectivity index (χ0n) is 13.6. The van der Waals surface area contributed by atoms with Crippen LogP contribution in [0, 0.1) is 11.8 Å². The average molecular weight is 326 g/mol. The van der Waals surface area contributed by atoms with Crippen LogP contribution in [0.5, 0.6) is 0 Å². The highest BCUT2D eigenvalue weighted by Gasteiger charge is 2.34. The standard InChI is InChI=1S/C19H22N2O3/c22-18(21-9-3-4-13(11-21)19(23)24)12-7-8-17-15(10-12)14-5-1-2-6-16(14)20-17/h1-2,5-6,12-13,20H,3-4,7-11H2,(H,23,24). The molecule has 2 N–H and O–H groups in total. The lowest BCUT2D eigenvalue weighted by Gasteiger charge is -2.34. The topological polar surface area (TPSA) is 73.4 Å². The van der Waals surface area contributed by atoms with E-state index in [2.05, 4.69) is 17.1 Å². The van der Waals surface area contributed by atoms with Crippen LogP contribution in [0.25, 0.3) is 10.9 Å². The molecule has 2 atom stereocenters. The molecule has 0 radical (unpaired) electrons. The number of para-hydroxylation sites is 1. The Hall–Kier alpha value is -2.30. The number of fused-ring (bicyclic) bond motifs is 3. The number of rotatable bonds is 2. The summed E-state index contributed by atoms with van der Waals surface area (Å²) in [6.07, 6.45) is 3.94. The number of aromatic nitrogens is 1. The maximum atomic E-state index is 12.9. The van der Waals surface area contributed by atoms with E-state index < -0.39 is 11.9 Å². The quantitative estimate of drug-likeness (QED) is 0.891. The Bertz CT molecular complexity index is 795. The molecule has 1 amide bonds. The number of hydrogen-bond acceptors (Lipinski definition) is 2. The van der Waals surface area contributed by atoms with Gasteiger partial charge in [-0.1, -0.05) is 18.2 Å². The fourth-order valence-electron chi connectivity index (χ4n) is 4.22. The van der Waals surface area contributed by atoms with E-state index in [-0.39, 0.29) is 11.8 Å².